The summed E-state index contributed by atoms with van der Waals surface area (Å²) in [5.74, 6) is 0.698. The second-order valence-electron chi connectivity index (χ2n) is 4.38. The molecule has 110 valence electrons. The zero-order chi connectivity index (χ0) is 15.2. The van der Waals surface area contributed by atoms with E-state index in [9.17, 15) is 4.79 Å². The van der Waals surface area contributed by atoms with Crippen molar-refractivity contribution in [3.8, 4) is 11.5 Å². The fourth-order valence-corrected chi connectivity index (χ4v) is 1.74. The van der Waals surface area contributed by atoms with E-state index in [2.05, 4.69) is 4.98 Å². The quantitative estimate of drug-likeness (QED) is 0.832. The van der Waals surface area contributed by atoms with Crippen molar-refractivity contribution < 1.29 is 14.3 Å². The molecule has 0 radical (unpaired) electrons. The lowest BCUT2D eigenvalue weighted by Gasteiger charge is -2.12. The summed E-state index contributed by atoms with van der Waals surface area (Å²) in [6.07, 6.45) is 0.948. The van der Waals surface area contributed by atoms with Gasteiger partial charge in [0.05, 0.1) is 0 Å². The highest BCUT2D eigenvalue weighted by atomic mass is 35.5. The minimum atomic E-state index is -0.675. The number of benzene rings is 1. The Morgan fingerprint density at radius 1 is 1.29 bits per heavy atom. The highest BCUT2D eigenvalue weighted by Crippen LogP contribution is 2.20. The maximum absolute atomic E-state index is 10.9. The lowest BCUT2D eigenvalue weighted by atomic mass is 10.3. The molecular formula is C15H15ClN2O3. The van der Waals surface area contributed by atoms with Gasteiger partial charge in [-0.15, -0.1) is 0 Å². The highest BCUT2D eigenvalue weighted by Gasteiger charge is 2.10. The fourth-order valence-electron chi connectivity index (χ4n) is 1.56. The number of hydrogen-bond acceptors (Lipinski definition) is 4. The Hall–Kier alpha value is -2.27. The van der Waals surface area contributed by atoms with Gasteiger partial charge in [0.2, 0.25) is 0 Å². The molecule has 0 fully saturated rings. The molecule has 0 aliphatic heterocycles. The number of amides is 1. The first kappa shape index (κ1) is 15.1. The fraction of sp³-hybridized carbons (Fsp3) is 0.200. The van der Waals surface area contributed by atoms with Gasteiger partial charge in [0.1, 0.15) is 23.3 Å². The molecule has 0 unspecified atom stereocenters. The Labute approximate surface area is 127 Å². The number of ether oxygens (including phenoxy) is 2. The molecule has 0 saturated heterocycles. The molecule has 5 nitrogen and oxygen atoms in total. The van der Waals surface area contributed by atoms with Crippen LogP contribution in [0.2, 0.25) is 5.15 Å². The van der Waals surface area contributed by atoms with Crippen molar-refractivity contribution in [3.63, 3.8) is 0 Å². The largest absolute Gasteiger partial charge is 0.489 e. The van der Waals surface area contributed by atoms with Gasteiger partial charge in [-0.05, 0) is 37.3 Å². The third kappa shape index (κ3) is 4.36. The van der Waals surface area contributed by atoms with E-state index in [0.717, 1.165) is 5.56 Å². The number of aromatic nitrogens is 1. The average molecular weight is 307 g/mol. The molecule has 1 amide bonds. The topological polar surface area (TPSA) is 74.4 Å². The molecule has 1 atom stereocenters. The molecule has 2 N–H and O–H groups in total. The van der Waals surface area contributed by atoms with Crippen molar-refractivity contribution in [2.75, 3.05) is 0 Å². The molecule has 2 rings (SSSR count). The first-order valence-electron chi connectivity index (χ1n) is 6.34. The van der Waals surface area contributed by atoms with Gasteiger partial charge in [-0.25, -0.2) is 4.98 Å². The Balaban J connectivity index is 1.94. The Morgan fingerprint density at radius 3 is 2.57 bits per heavy atom. The second kappa shape index (κ2) is 6.95. The van der Waals surface area contributed by atoms with E-state index in [1.54, 1.807) is 43.5 Å². The van der Waals surface area contributed by atoms with Crippen molar-refractivity contribution in [1.82, 2.24) is 4.98 Å². The molecule has 21 heavy (non-hydrogen) atoms. The molecule has 1 heterocycles. The Morgan fingerprint density at radius 2 is 1.95 bits per heavy atom. The van der Waals surface area contributed by atoms with E-state index in [1.165, 1.54) is 0 Å². The molecule has 1 aromatic carbocycles. The molecule has 0 bridgehead atoms. The molecule has 2 aromatic rings. The second-order valence-corrected chi connectivity index (χ2v) is 4.73. The Bertz CT molecular complexity index is 617. The van der Waals surface area contributed by atoms with Crippen LogP contribution in [0.5, 0.6) is 11.5 Å². The standard InChI is InChI=1S/C15H15ClN2O3/c1-10(15(17)19)21-13-6-4-12(5-7-13)20-9-11-3-2-8-18-14(11)16/h2-8,10H,9H2,1H3,(H2,17,19)/t10-/m1/s1. The number of hydrogen-bond donors (Lipinski definition) is 1. The van der Waals surface area contributed by atoms with Gasteiger partial charge in [0.25, 0.3) is 5.91 Å². The monoisotopic (exact) mass is 306 g/mol. The zero-order valence-corrected chi connectivity index (χ0v) is 12.2. The summed E-state index contributed by atoms with van der Waals surface area (Å²) in [5.41, 5.74) is 5.94. The summed E-state index contributed by atoms with van der Waals surface area (Å²) in [5, 5.41) is 0.424. The van der Waals surface area contributed by atoms with Crippen LogP contribution >= 0.6 is 11.6 Å². The van der Waals surface area contributed by atoms with E-state index in [0.29, 0.717) is 23.3 Å². The summed E-state index contributed by atoms with van der Waals surface area (Å²) < 4.78 is 11.0. The predicted molar refractivity (Wildman–Crippen MR) is 79.3 cm³/mol. The minimum absolute atomic E-state index is 0.324. The van der Waals surface area contributed by atoms with E-state index >= 15 is 0 Å². The van der Waals surface area contributed by atoms with Crippen LogP contribution < -0.4 is 15.2 Å². The molecule has 0 saturated carbocycles. The van der Waals surface area contributed by atoms with E-state index in [4.69, 9.17) is 26.8 Å². The first-order chi connectivity index (χ1) is 10.1. The summed E-state index contributed by atoms with van der Waals surface area (Å²) in [6.45, 7) is 1.92. The van der Waals surface area contributed by atoms with Gasteiger partial charge >= 0.3 is 0 Å². The summed E-state index contributed by atoms with van der Waals surface area (Å²) in [4.78, 5) is 14.9. The maximum atomic E-state index is 10.9. The number of nitrogens with zero attached hydrogens (tertiary/aromatic N) is 1. The number of rotatable bonds is 6. The van der Waals surface area contributed by atoms with E-state index < -0.39 is 12.0 Å². The molecule has 0 aliphatic rings. The average Bonchev–Trinajstić information content (AvgIpc) is 2.48. The smallest absolute Gasteiger partial charge is 0.258 e. The third-order valence-corrected chi connectivity index (χ3v) is 3.11. The number of carbonyl (C=O) groups excluding carboxylic acids is 1. The number of primary amides is 1. The van der Waals surface area contributed by atoms with Crippen LogP contribution in [0.3, 0.4) is 0 Å². The van der Waals surface area contributed by atoms with E-state index in [-0.39, 0.29) is 0 Å². The van der Waals surface area contributed by atoms with Gasteiger partial charge < -0.3 is 15.2 Å². The van der Waals surface area contributed by atoms with Crippen molar-refractivity contribution in [2.45, 2.75) is 19.6 Å². The first-order valence-corrected chi connectivity index (χ1v) is 6.72. The van der Waals surface area contributed by atoms with Crippen molar-refractivity contribution in [1.29, 1.82) is 0 Å². The van der Waals surface area contributed by atoms with Crippen molar-refractivity contribution in [3.05, 3.63) is 53.3 Å². The van der Waals surface area contributed by atoms with E-state index in [1.807, 2.05) is 6.07 Å². The van der Waals surface area contributed by atoms with Crippen LogP contribution in [0.15, 0.2) is 42.6 Å². The van der Waals surface area contributed by atoms with Crippen LogP contribution in [0.25, 0.3) is 0 Å². The maximum Gasteiger partial charge on any atom is 0.258 e. The summed E-state index contributed by atoms with van der Waals surface area (Å²) in [6, 6.07) is 10.5. The molecule has 1 aromatic heterocycles. The van der Waals surface area contributed by atoms with Gasteiger partial charge in [0, 0.05) is 11.8 Å². The van der Waals surface area contributed by atoms with Crippen molar-refractivity contribution in [2.24, 2.45) is 5.73 Å². The van der Waals surface area contributed by atoms with Gasteiger partial charge in [-0.1, -0.05) is 17.7 Å². The lowest BCUT2D eigenvalue weighted by molar-refractivity contribution is -0.123. The lowest BCUT2D eigenvalue weighted by Crippen LogP contribution is -2.30. The molecular weight excluding hydrogens is 292 g/mol. The van der Waals surface area contributed by atoms with Crippen LogP contribution in [0, 0.1) is 0 Å². The van der Waals surface area contributed by atoms with Gasteiger partial charge in [-0.2, -0.15) is 0 Å². The van der Waals surface area contributed by atoms with Gasteiger partial charge in [0.15, 0.2) is 6.10 Å². The summed E-state index contributed by atoms with van der Waals surface area (Å²) in [7, 11) is 0. The molecule has 0 spiro atoms. The molecule has 6 heteroatoms. The normalized spacial score (nSPS) is 11.7. The number of halogens is 1. The van der Waals surface area contributed by atoms with Crippen LogP contribution in [0.4, 0.5) is 0 Å². The zero-order valence-electron chi connectivity index (χ0n) is 11.5. The number of nitrogens with two attached hydrogens (primary N) is 1. The third-order valence-electron chi connectivity index (χ3n) is 2.77. The van der Waals surface area contributed by atoms with Crippen LogP contribution in [-0.4, -0.2) is 17.0 Å². The highest BCUT2D eigenvalue weighted by molar-refractivity contribution is 6.30. The minimum Gasteiger partial charge on any atom is -0.489 e. The number of carbonyl (C=O) groups is 1. The molecule has 0 aliphatic carbocycles. The predicted octanol–water partition coefficient (Wildman–Crippen LogP) is 2.57. The van der Waals surface area contributed by atoms with Gasteiger partial charge in [-0.3, -0.25) is 4.79 Å². The SMILES string of the molecule is C[C@@H](Oc1ccc(OCc2cccnc2Cl)cc1)C(N)=O. The van der Waals surface area contributed by atoms with Crippen LogP contribution in [-0.2, 0) is 11.4 Å². The Kier molecular flexibility index (Phi) is 5.00. The van der Waals surface area contributed by atoms with Crippen LogP contribution in [0.1, 0.15) is 12.5 Å². The van der Waals surface area contributed by atoms with Crippen molar-refractivity contribution >= 4 is 17.5 Å². The summed E-state index contributed by atoms with van der Waals surface area (Å²) >= 11 is 5.95. The number of pyridine rings is 1.